The Morgan fingerprint density at radius 3 is 2.52 bits per heavy atom. The zero-order valence-corrected chi connectivity index (χ0v) is 18.6. The van der Waals surface area contributed by atoms with E-state index < -0.39 is 16.9 Å². The quantitative estimate of drug-likeness (QED) is 0.391. The zero-order valence-electron chi connectivity index (χ0n) is 17.9. The summed E-state index contributed by atoms with van der Waals surface area (Å²) in [5, 5.41) is 18.8. The number of nitrogens with zero attached hydrogens (tertiary/aromatic N) is 3. The predicted octanol–water partition coefficient (Wildman–Crippen LogP) is 5.67. The lowest BCUT2D eigenvalue weighted by Gasteiger charge is -2.15. The highest BCUT2D eigenvalue weighted by atomic mass is 35.5. The van der Waals surface area contributed by atoms with E-state index in [-0.39, 0.29) is 17.1 Å². The molecule has 1 amide bonds. The first-order chi connectivity index (χ1) is 14.5. The van der Waals surface area contributed by atoms with Crippen molar-refractivity contribution < 1.29 is 14.5 Å². The van der Waals surface area contributed by atoms with E-state index in [9.17, 15) is 14.9 Å². The molecule has 9 heteroatoms. The molecule has 1 atom stereocenters. The molecule has 2 aromatic carbocycles. The molecule has 1 N–H and O–H groups in total. The van der Waals surface area contributed by atoms with Gasteiger partial charge in [0, 0.05) is 18.3 Å². The van der Waals surface area contributed by atoms with Gasteiger partial charge in [-0.1, -0.05) is 17.7 Å². The van der Waals surface area contributed by atoms with Crippen LogP contribution in [-0.2, 0) is 4.79 Å². The van der Waals surface area contributed by atoms with Gasteiger partial charge < -0.3 is 10.1 Å². The Hall–Kier alpha value is -3.39. The highest BCUT2D eigenvalue weighted by molar-refractivity contribution is 6.31. The maximum atomic E-state index is 12.7. The summed E-state index contributed by atoms with van der Waals surface area (Å²) in [5.74, 6) is 0.460. The summed E-state index contributed by atoms with van der Waals surface area (Å²) in [6.07, 6.45) is 1.56. The lowest BCUT2D eigenvalue weighted by molar-refractivity contribution is -0.384. The molecular formula is C22H23ClN4O4. The van der Waals surface area contributed by atoms with E-state index >= 15 is 0 Å². The molecule has 0 aliphatic rings. The van der Waals surface area contributed by atoms with Gasteiger partial charge in [-0.15, -0.1) is 0 Å². The molecule has 1 heterocycles. The first-order valence-corrected chi connectivity index (χ1v) is 10.00. The molecule has 0 aliphatic heterocycles. The number of aromatic nitrogens is 2. The van der Waals surface area contributed by atoms with Crippen molar-refractivity contribution in [1.29, 1.82) is 0 Å². The zero-order chi connectivity index (χ0) is 22.9. The van der Waals surface area contributed by atoms with E-state index in [2.05, 4.69) is 10.4 Å². The number of aryl methyl sites for hydroxylation is 3. The van der Waals surface area contributed by atoms with Crippen LogP contribution in [0.1, 0.15) is 35.3 Å². The van der Waals surface area contributed by atoms with Crippen molar-refractivity contribution >= 4 is 28.9 Å². The number of rotatable bonds is 6. The molecule has 3 rings (SSSR count). The van der Waals surface area contributed by atoms with Crippen LogP contribution in [0.5, 0.6) is 11.5 Å². The van der Waals surface area contributed by atoms with Gasteiger partial charge in [-0.05, 0) is 57.4 Å². The van der Waals surface area contributed by atoms with Crippen molar-refractivity contribution in [2.45, 2.75) is 40.7 Å². The van der Waals surface area contributed by atoms with Crippen LogP contribution in [0.15, 0.2) is 36.5 Å². The Morgan fingerprint density at radius 1 is 1.19 bits per heavy atom. The second-order valence-electron chi connectivity index (χ2n) is 7.49. The largest absolute Gasteiger partial charge is 0.457 e. The van der Waals surface area contributed by atoms with Gasteiger partial charge in [0.2, 0.25) is 5.91 Å². The van der Waals surface area contributed by atoms with Crippen molar-refractivity contribution in [2.24, 2.45) is 0 Å². The summed E-state index contributed by atoms with van der Waals surface area (Å²) in [6.45, 7) is 9.24. The Morgan fingerprint density at radius 2 is 1.90 bits per heavy atom. The Labute approximate surface area is 184 Å². The van der Waals surface area contributed by atoms with Crippen molar-refractivity contribution in [3.63, 3.8) is 0 Å². The fourth-order valence-corrected chi connectivity index (χ4v) is 3.22. The minimum Gasteiger partial charge on any atom is -0.457 e. The van der Waals surface area contributed by atoms with Crippen molar-refractivity contribution in [3.8, 4) is 11.5 Å². The standard InChI is InChI=1S/C22H23ClN4O4/c1-12-6-13(2)14(3)21(7-12)31-19-9-17(8-18(10-19)27(29)30)24-22(28)16(5)26-11-20(23)15(4)25-26/h6-11,16H,1-5H3,(H,24,28)/t16-/m0/s1. The molecule has 0 spiro atoms. The highest BCUT2D eigenvalue weighted by Gasteiger charge is 2.20. The topological polar surface area (TPSA) is 99.3 Å². The van der Waals surface area contributed by atoms with E-state index in [1.54, 1.807) is 26.1 Å². The maximum Gasteiger partial charge on any atom is 0.275 e. The normalized spacial score (nSPS) is 11.8. The molecule has 0 saturated heterocycles. The van der Waals surface area contributed by atoms with E-state index in [0.717, 1.165) is 16.7 Å². The summed E-state index contributed by atoms with van der Waals surface area (Å²) in [6, 6.07) is 7.39. The fraction of sp³-hybridized carbons (Fsp3) is 0.273. The molecule has 162 valence electrons. The number of nitro groups is 1. The van der Waals surface area contributed by atoms with Crippen molar-refractivity contribution in [2.75, 3.05) is 5.32 Å². The minimum atomic E-state index is -0.670. The SMILES string of the molecule is Cc1cc(C)c(C)c(Oc2cc(NC(=O)[C@H](C)n3cc(Cl)c(C)n3)cc([N+](=O)[O-])c2)c1. The number of ether oxygens (including phenoxy) is 1. The van der Waals surface area contributed by atoms with Gasteiger partial charge in [-0.2, -0.15) is 5.10 Å². The lowest BCUT2D eigenvalue weighted by atomic mass is 10.1. The summed E-state index contributed by atoms with van der Waals surface area (Å²) in [5.41, 5.74) is 3.66. The monoisotopic (exact) mass is 442 g/mol. The summed E-state index contributed by atoms with van der Waals surface area (Å²) in [7, 11) is 0. The number of non-ortho nitro benzene ring substituents is 1. The van der Waals surface area contributed by atoms with Gasteiger partial charge in [0.25, 0.3) is 5.69 Å². The van der Waals surface area contributed by atoms with Gasteiger partial charge in [-0.3, -0.25) is 19.6 Å². The fourth-order valence-electron chi connectivity index (χ4n) is 3.08. The second-order valence-corrected chi connectivity index (χ2v) is 7.89. The third-order valence-corrected chi connectivity index (χ3v) is 5.37. The summed E-state index contributed by atoms with van der Waals surface area (Å²) < 4.78 is 7.40. The molecule has 31 heavy (non-hydrogen) atoms. The number of halogens is 1. The van der Waals surface area contributed by atoms with E-state index in [4.69, 9.17) is 16.3 Å². The van der Waals surface area contributed by atoms with Crippen LogP contribution in [0.4, 0.5) is 11.4 Å². The third-order valence-electron chi connectivity index (χ3n) is 4.99. The number of nitro benzene ring substituents is 1. The maximum absolute atomic E-state index is 12.7. The average Bonchev–Trinajstić information content (AvgIpc) is 3.03. The van der Waals surface area contributed by atoms with Crippen LogP contribution in [0.25, 0.3) is 0 Å². The Bertz CT molecular complexity index is 1150. The van der Waals surface area contributed by atoms with Gasteiger partial charge in [0.1, 0.15) is 17.5 Å². The molecule has 0 aliphatic carbocycles. The smallest absolute Gasteiger partial charge is 0.275 e. The van der Waals surface area contributed by atoms with E-state index in [1.165, 1.54) is 16.8 Å². The number of carbonyl (C=O) groups is 1. The number of carbonyl (C=O) groups excluding carboxylic acids is 1. The first-order valence-electron chi connectivity index (χ1n) is 9.62. The Kier molecular flexibility index (Phi) is 6.31. The number of hydrogen-bond donors (Lipinski definition) is 1. The molecule has 8 nitrogen and oxygen atoms in total. The number of anilines is 1. The van der Waals surface area contributed by atoms with Crippen LogP contribution >= 0.6 is 11.6 Å². The van der Waals surface area contributed by atoms with Crippen LogP contribution in [-0.4, -0.2) is 20.6 Å². The van der Waals surface area contributed by atoms with Gasteiger partial charge in [0.05, 0.1) is 27.4 Å². The van der Waals surface area contributed by atoms with Crippen LogP contribution in [0, 0.1) is 37.8 Å². The van der Waals surface area contributed by atoms with Crippen LogP contribution in [0.3, 0.4) is 0 Å². The summed E-state index contributed by atoms with van der Waals surface area (Å²) >= 11 is 6.02. The van der Waals surface area contributed by atoms with Crippen LogP contribution in [0.2, 0.25) is 5.02 Å². The molecule has 0 fully saturated rings. The first kappa shape index (κ1) is 22.3. The second kappa shape index (κ2) is 8.77. The molecule has 0 saturated carbocycles. The molecule has 3 aromatic rings. The molecule has 0 bridgehead atoms. The molecule has 0 unspecified atom stereocenters. The minimum absolute atomic E-state index is 0.194. The molecular weight excluding hydrogens is 420 g/mol. The average molecular weight is 443 g/mol. The van der Waals surface area contributed by atoms with Crippen molar-refractivity contribution in [3.05, 3.63) is 74.0 Å². The van der Waals surface area contributed by atoms with Gasteiger partial charge in [0.15, 0.2) is 0 Å². The van der Waals surface area contributed by atoms with E-state index in [1.807, 2.05) is 32.9 Å². The summed E-state index contributed by atoms with van der Waals surface area (Å²) in [4.78, 5) is 23.6. The lowest BCUT2D eigenvalue weighted by Crippen LogP contribution is -2.24. The van der Waals surface area contributed by atoms with Gasteiger partial charge >= 0.3 is 0 Å². The van der Waals surface area contributed by atoms with E-state index in [0.29, 0.717) is 16.5 Å². The number of nitrogens with one attached hydrogen (secondary N) is 1. The molecule has 0 radical (unpaired) electrons. The Balaban J connectivity index is 1.90. The number of hydrogen-bond acceptors (Lipinski definition) is 5. The molecule has 1 aromatic heterocycles. The van der Waals surface area contributed by atoms with Gasteiger partial charge in [-0.25, -0.2) is 0 Å². The third kappa shape index (κ3) is 5.03. The van der Waals surface area contributed by atoms with Crippen molar-refractivity contribution in [1.82, 2.24) is 9.78 Å². The predicted molar refractivity (Wildman–Crippen MR) is 119 cm³/mol. The van der Waals surface area contributed by atoms with Crippen LogP contribution < -0.4 is 10.1 Å². The highest BCUT2D eigenvalue weighted by Crippen LogP contribution is 2.33. The number of benzene rings is 2. The number of amides is 1.